The fourth-order valence-corrected chi connectivity index (χ4v) is 7.86. The van der Waals surface area contributed by atoms with Crippen LogP contribution in [0.4, 0.5) is 13.2 Å². The van der Waals surface area contributed by atoms with E-state index in [1.165, 1.54) is 0 Å². The molecule has 1 aromatic heterocycles. The van der Waals surface area contributed by atoms with E-state index in [4.69, 9.17) is 0 Å². The minimum atomic E-state index is -4.42. The lowest BCUT2D eigenvalue weighted by Gasteiger charge is -2.40. The zero-order chi connectivity index (χ0) is 21.0. The number of likely N-dealkylation sites (tertiary alicyclic amines) is 1. The molecule has 0 N–H and O–H groups in total. The van der Waals surface area contributed by atoms with E-state index in [1.54, 1.807) is 6.07 Å². The van der Waals surface area contributed by atoms with Crippen LogP contribution in [0.25, 0.3) is 0 Å². The number of hydrogen-bond acceptors (Lipinski definition) is 4. The van der Waals surface area contributed by atoms with E-state index in [1.807, 2.05) is 13.8 Å². The molecule has 3 aliphatic rings. The molecular weight excluding hydrogens is 401 g/mol. The minimum Gasteiger partial charge on any atom is -0.300 e. The van der Waals surface area contributed by atoms with E-state index in [0.717, 1.165) is 56.8 Å². The second-order valence-electron chi connectivity index (χ2n) is 9.58. The van der Waals surface area contributed by atoms with Crippen LogP contribution in [0.2, 0.25) is 0 Å². The molecule has 2 saturated heterocycles. The van der Waals surface area contributed by atoms with Crippen molar-refractivity contribution >= 4 is 9.84 Å². The molecule has 4 rings (SSSR count). The van der Waals surface area contributed by atoms with Crippen molar-refractivity contribution in [1.29, 1.82) is 0 Å². The van der Waals surface area contributed by atoms with Crippen molar-refractivity contribution in [3.8, 4) is 0 Å². The van der Waals surface area contributed by atoms with E-state index in [0.29, 0.717) is 23.2 Å². The Labute approximate surface area is 170 Å². The second-order valence-corrected chi connectivity index (χ2v) is 11.6. The van der Waals surface area contributed by atoms with Crippen LogP contribution in [0.3, 0.4) is 0 Å². The van der Waals surface area contributed by atoms with Gasteiger partial charge in [-0.3, -0.25) is 4.90 Å². The Bertz CT molecular complexity index is 862. The molecule has 0 bridgehead atoms. The van der Waals surface area contributed by atoms with E-state index in [2.05, 4.69) is 9.88 Å². The summed E-state index contributed by atoms with van der Waals surface area (Å²) >= 11 is 0. The number of alkyl halides is 3. The standard InChI is InChI=1S/C21H29F3N2O2S/c1-14(2)19-17(7-8-18(25-19)21(22,23)24)15-3-5-16(6-4-15)26-10-9-20(11-26)12-29(27,28)13-20/h7-8,14-16H,3-6,9-13H2,1-2H3/t15-,16+. The molecule has 0 radical (unpaired) electrons. The topological polar surface area (TPSA) is 50.3 Å². The normalized spacial score (nSPS) is 29.3. The van der Waals surface area contributed by atoms with Crippen LogP contribution < -0.4 is 0 Å². The average molecular weight is 431 g/mol. The third-order valence-corrected chi connectivity index (χ3v) is 9.07. The minimum absolute atomic E-state index is 0.0160. The number of nitrogens with zero attached hydrogens (tertiary/aromatic N) is 2. The van der Waals surface area contributed by atoms with Crippen LogP contribution in [0.15, 0.2) is 12.1 Å². The molecule has 1 aromatic rings. The first-order chi connectivity index (χ1) is 13.5. The first-order valence-electron chi connectivity index (χ1n) is 10.5. The van der Waals surface area contributed by atoms with Crippen LogP contribution in [0.5, 0.6) is 0 Å². The van der Waals surface area contributed by atoms with E-state index < -0.39 is 21.7 Å². The molecule has 0 unspecified atom stereocenters. The highest BCUT2D eigenvalue weighted by molar-refractivity contribution is 7.92. The van der Waals surface area contributed by atoms with Gasteiger partial charge in [0.1, 0.15) is 5.69 Å². The summed E-state index contributed by atoms with van der Waals surface area (Å²) in [4.78, 5) is 6.43. The summed E-state index contributed by atoms with van der Waals surface area (Å²) in [5.41, 5.74) is 0.714. The lowest BCUT2D eigenvalue weighted by atomic mass is 9.79. The van der Waals surface area contributed by atoms with Gasteiger partial charge in [-0.05, 0) is 62.1 Å². The van der Waals surface area contributed by atoms with Crippen LogP contribution in [0.1, 0.15) is 74.7 Å². The van der Waals surface area contributed by atoms with Gasteiger partial charge in [0.15, 0.2) is 9.84 Å². The maximum Gasteiger partial charge on any atom is 0.433 e. The van der Waals surface area contributed by atoms with E-state index in [9.17, 15) is 21.6 Å². The Morgan fingerprint density at radius 2 is 1.79 bits per heavy atom. The van der Waals surface area contributed by atoms with Crippen LogP contribution in [0, 0.1) is 5.41 Å². The molecule has 2 aliphatic heterocycles. The smallest absolute Gasteiger partial charge is 0.300 e. The molecule has 0 atom stereocenters. The summed E-state index contributed by atoms with van der Waals surface area (Å²) in [5.74, 6) is 0.866. The molecule has 4 nitrogen and oxygen atoms in total. The molecule has 29 heavy (non-hydrogen) atoms. The summed E-state index contributed by atoms with van der Waals surface area (Å²) < 4.78 is 62.4. The first-order valence-corrected chi connectivity index (χ1v) is 12.3. The summed E-state index contributed by atoms with van der Waals surface area (Å²) in [5, 5.41) is 0. The Kier molecular flexibility index (Phi) is 5.25. The largest absolute Gasteiger partial charge is 0.433 e. The molecular formula is C21H29F3N2O2S. The summed E-state index contributed by atoms with van der Waals surface area (Å²) in [7, 11) is -2.81. The summed E-state index contributed by atoms with van der Waals surface area (Å²) in [6.07, 6.45) is 0.448. The molecule has 162 valence electrons. The maximum atomic E-state index is 13.1. The number of sulfone groups is 1. The molecule has 0 amide bonds. The Morgan fingerprint density at radius 1 is 1.14 bits per heavy atom. The monoisotopic (exact) mass is 430 g/mol. The van der Waals surface area contributed by atoms with Crippen LogP contribution in [-0.4, -0.2) is 48.9 Å². The molecule has 3 fully saturated rings. The maximum absolute atomic E-state index is 13.1. The van der Waals surface area contributed by atoms with Crippen molar-refractivity contribution in [2.45, 2.75) is 70.0 Å². The van der Waals surface area contributed by atoms with Crippen molar-refractivity contribution in [2.75, 3.05) is 24.6 Å². The molecule has 0 aromatic carbocycles. The fraction of sp³-hybridized carbons (Fsp3) is 0.762. The third-order valence-electron chi connectivity index (χ3n) is 6.97. The average Bonchev–Trinajstić information content (AvgIpc) is 3.04. The van der Waals surface area contributed by atoms with E-state index >= 15 is 0 Å². The first kappa shape index (κ1) is 21.1. The van der Waals surface area contributed by atoms with Crippen molar-refractivity contribution in [2.24, 2.45) is 5.41 Å². The number of rotatable bonds is 3. The highest BCUT2D eigenvalue weighted by Crippen LogP contribution is 2.45. The van der Waals surface area contributed by atoms with Gasteiger partial charge in [0.25, 0.3) is 0 Å². The lowest BCUT2D eigenvalue weighted by molar-refractivity contribution is -0.141. The van der Waals surface area contributed by atoms with Crippen molar-refractivity contribution < 1.29 is 21.6 Å². The van der Waals surface area contributed by atoms with Crippen LogP contribution >= 0.6 is 0 Å². The molecule has 3 heterocycles. The van der Waals surface area contributed by atoms with Gasteiger partial charge in [0.2, 0.25) is 0 Å². The molecule has 8 heteroatoms. The van der Waals surface area contributed by atoms with Gasteiger partial charge in [-0.2, -0.15) is 13.2 Å². The second kappa shape index (κ2) is 7.22. The number of pyridine rings is 1. The third kappa shape index (κ3) is 4.20. The van der Waals surface area contributed by atoms with Crippen molar-refractivity contribution in [1.82, 2.24) is 9.88 Å². The SMILES string of the molecule is CC(C)c1nc(C(F)(F)F)ccc1[C@H]1CC[C@@H](N2CCC3(C2)CS(=O)(=O)C3)CC1. The van der Waals surface area contributed by atoms with Gasteiger partial charge >= 0.3 is 6.18 Å². The quantitative estimate of drug-likeness (QED) is 0.715. The summed E-state index contributed by atoms with van der Waals surface area (Å²) in [6.45, 7) is 5.63. The number of hydrogen-bond donors (Lipinski definition) is 0. The fourth-order valence-electron chi connectivity index (χ4n) is 5.61. The highest BCUT2D eigenvalue weighted by atomic mass is 32.2. The molecule has 1 aliphatic carbocycles. The van der Waals surface area contributed by atoms with Gasteiger partial charge in [-0.1, -0.05) is 19.9 Å². The van der Waals surface area contributed by atoms with Crippen molar-refractivity contribution in [3.63, 3.8) is 0 Å². The predicted octanol–water partition coefficient (Wildman–Crippen LogP) is 4.37. The van der Waals surface area contributed by atoms with Gasteiger partial charge in [-0.15, -0.1) is 0 Å². The van der Waals surface area contributed by atoms with Gasteiger partial charge in [-0.25, -0.2) is 13.4 Å². The van der Waals surface area contributed by atoms with Crippen molar-refractivity contribution in [3.05, 3.63) is 29.1 Å². The Hall–Kier alpha value is -1.15. The highest BCUT2D eigenvalue weighted by Gasteiger charge is 2.53. The van der Waals surface area contributed by atoms with Gasteiger partial charge in [0.05, 0.1) is 11.5 Å². The Morgan fingerprint density at radius 3 is 2.34 bits per heavy atom. The zero-order valence-corrected chi connectivity index (χ0v) is 17.8. The lowest BCUT2D eigenvalue weighted by Crippen LogP contribution is -2.51. The number of aromatic nitrogens is 1. The van der Waals surface area contributed by atoms with Gasteiger partial charge in [0, 0.05) is 23.7 Å². The molecule has 1 spiro atoms. The van der Waals surface area contributed by atoms with E-state index in [-0.39, 0.29) is 17.3 Å². The van der Waals surface area contributed by atoms with Gasteiger partial charge < -0.3 is 0 Å². The number of halogens is 3. The Balaban J connectivity index is 1.41. The molecule has 1 saturated carbocycles. The van der Waals surface area contributed by atoms with Crippen LogP contribution in [-0.2, 0) is 16.0 Å². The predicted molar refractivity (Wildman–Crippen MR) is 106 cm³/mol. The summed E-state index contributed by atoms with van der Waals surface area (Å²) in [6, 6.07) is 3.22. The zero-order valence-electron chi connectivity index (χ0n) is 17.0.